The van der Waals surface area contributed by atoms with Gasteiger partial charge in [0.05, 0.1) is 5.41 Å². The Morgan fingerprint density at radius 3 is 3.00 bits per heavy atom. The lowest BCUT2D eigenvalue weighted by Crippen LogP contribution is -2.36. The van der Waals surface area contributed by atoms with E-state index in [0.717, 1.165) is 35.2 Å². The maximum absolute atomic E-state index is 12.2. The third-order valence-electron chi connectivity index (χ3n) is 3.64. The van der Waals surface area contributed by atoms with E-state index < -0.39 is 0 Å². The van der Waals surface area contributed by atoms with Crippen LogP contribution in [-0.4, -0.2) is 30.9 Å². The molecule has 1 saturated heterocycles. The van der Waals surface area contributed by atoms with Crippen LogP contribution in [0.15, 0.2) is 22.7 Å². The summed E-state index contributed by atoms with van der Waals surface area (Å²) in [4.78, 5) is 14.4. The number of rotatable bonds is 0. The third-order valence-corrected chi connectivity index (χ3v) is 4.13. The van der Waals surface area contributed by atoms with Crippen molar-refractivity contribution in [2.75, 3.05) is 25.5 Å². The number of likely N-dealkylation sites (N-methyl/N-ethyl adjacent to an activating group) is 1. The minimum atomic E-state index is -0.312. The number of halogens is 1. The van der Waals surface area contributed by atoms with E-state index in [9.17, 15) is 4.79 Å². The van der Waals surface area contributed by atoms with Crippen molar-refractivity contribution in [2.24, 2.45) is 0 Å². The van der Waals surface area contributed by atoms with Crippen LogP contribution in [0, 0.1) is 0 Å². The molecule has 1 fully saturated rings. The van der Waals surface area contributed by atoms with Gasteiger partial charge in [0.15, 0.2) is 0 Å². The van der Waals surface area contributed by atoms with E-state index in [-0.39, 0.29) is 11.3 Å². The van der Waals surface area contributed by atoms with Gasteiger partial charge in [-0.2, -0.15) is 0 Å². The highest BCUT2D eigenvalue weighted by Crippen LogP contribution is 2.44. The fourth-order valence-corrected chi connectivity index (χ4v) is 3.15. The third kappa shape index (κ3) is 1.26. The van der Waals surface area contributed by atoms with Gasteiger partial charge in [-0.3, -0.25) is 4.79 Å². The molecular weight excluding hydrogens is 268 g/mol. The van der Waals surface area contributed by atoms with Crippen molar-refractivity contribution in [3.8, 4) is 0 Å². The second-order valence-corrected chi connectivity index (χ2v) is 5.63. The summed E-state index contributed by atoms with van der Waals surface area (Å²) >= 11 is 3.48. The zero-order chi connectivity index (χ0) is 11.3. The minimum Gasteiger partial charge on any atom is -0.325 e. The molecule has 84 valence electrons. The average Bonchev–Trinajstić information content (AvgIpc) is 2.74. The van der Waals surface area contributed by atoms with Crippen LogP contribution in [-0.2, 0) is 10.2 Å². The maximum atomic E-state index is 12.2. The monoisotopic (exact) mass is 280 g/mol. The molecule has 1 atom stereocenters. The van der Waals surface area contributed by atoms with Crippen molar-refractivity contribution in [2.45, 2.75) is 11.8 Å². The van der Waals surface area contributed by atoms with Gasteiger partial charge in [0, 0.05) is 16.7 Å². The van der Waals surface area contributed by atoms with Gasteiger partial charge in [0.1, 0.15) is 0 Å². The van der Waals surface area contributed by atoms with Crippen LogP contribution < -0.4 is 5.32 Å². The van der Waals surface area contributed by atoms with Crippen molar-refractivity contribution in [3.63, 3.8) is 0 Å². The summed E-state index contributed by atoms with van der Waals surface area (Å²) in [5.74, 6) is 0.157. The lowest BCUT2D eigenvalue weighted by Gasteiger charge is -2.21. The number of likely N-dealkylation sites (tertiary alicyclic amines) is 1. The largest absolute Gasteiger partial charge is 0.325 e. The van der Waals surface area contributed by atoms with Gasteiger partial charge in [-0.15, -0.1) is 0 Å². The Kier molecular flexibility index (Phi) is 2.13. The Morgan fingerprint density at radius 2 is 2.31 bits per heavy atom. The summed E-state index contributed by atoms with van der Waals surface area (Å²) in [6.45, 7) is 1.81. The molecule has 1 amide bonds. The Balaban J connectivity index is 2.15. The summed E-state index contributed by atoms with van der Waals surface area (Å²) in [6.07, 6.45) is 0.915. The summed E-state index contributed by atoms with van der Waals surface area (Å²) in [5.41, 5.74) is 1.81. The predicted molar refractivity (Wildman–Crippen MR) is 66.6 cm³/mol. The first-order valence-electron chi connectivity index (χ1n) is 5.42. The molecule has 2 aliphatic rings. The van der Waals surface area contributed by atoms with Gasteiger partial charge in [-0.25, -0.2) is 0 Å². The molecule has 1 spiro atoms. The van der Waals surface area contributed by atoms with E-state index in [1.807, 2.05) is 12.1 Å². The van der Waals surface area contributed by atoms with Gasteiger partial charge in [0.25, 0.3) is 0 Å². The van der Waals surface area contributed by atoms with Crippen LogP contribution in [0.25, 0.3) is 0 Å². The number of benzene rings is 1. The topological polar surface area (TPSA) is 32.3 Å². The summed E-state index contributed by atoms with van der Waals surface area (Å²) < 4.78 is 1.04. The van der Waals surface area contributed by atoms with Gasteiger partial charge in [-0.1, -0.05) is 15.9 Å². The molecule has 16 heavy (non-hydrogen) atoms. The van der Waals surface area contributed by atoms with Crippen molar-refractivity contribution >= 4 is 27.5 Å². The molecule has 1 N–H and O–H groups in total. The molecule has 4 heteroatoms. The predicted octanol–water partition coefficient (Wildman–Crippen LogP) is 1.97. The number of carbonyl (C=O) groups excluding carboxylic acids is 1. The van der Waals surface area contributed by atoms with E-state index in [1.54, 1.807) is 0 Å². The molecule has 0 aromatic heterocycles. The van der Waals surface area contributed by atoms with Gasteiger partial charge in [-0.05, 0) is 43.8 Å². The number of amides is 1. The average molecular weight is 281 g/mol. The Morgan fingerprint density at radius 1 is 1.50 bits per heavy atom. The van der Waals surface area contributed by atoms with Crippen LogP contribution in [0.3, 0.4) is 0 Å². The first kappa shape index (κ1) is 10.3. The number of nitrogens with one attached hydrogen (secondary N) is 1. The van der Waals surface area contributed by atoms with Crippen LogP contribution in [0.2, 0.25) is 0 Å². The molecule has 0 bridgehead atoms. The SMILES string of the molecule is CN1CC[C@@]2(C1)C(=O)Nc1ccc(Br)cc12. The zero-order valence-corrected chi connectivity index (χ0v) is 10.7. The highest BCUT2D eigenvalue weighted by molar-refractivity contribution is 9.10. The molecule has 2 heterocycles. The number of hydrogen-bond donors (Lipinski definition) is 1. The Labute approximate surface area is 103 Å². The molecule has 3 rings (SSSR count). The lowest BCUT2D eigenvalue weighted by atomic mass is 9.81. The molecule has 2 aliphatic heterocycles. The van der Waals surface area contributed by atoms with E-state index in [4.69, 9.17) is 0 Å². The first-order chi connectivity index (χ1) is 7.62. The summed E-state index contributed by atoms with van der Waals surface area (Å²) in [7, 11) is 2.07. The Bertz CT molecular complexity index is 474. The number of anilines is 1. The van der Waals surface area contributed by atoms with Crippen molar-refractivity contribution in [1.29, 1.82) is 0 Å². The van der Waals surface area contributed by atoms with Crippen LogP contribution in [0.1, 0.15) is 12.0 Å². The van der Waals surface area contributed by atoms with Gasteiger partial charge < -0.3 is 10.2 Å². The lowest BCUT2D eigenvalue weighted by molar-refractivity contribution is -0.120. The quantitative estimate of drug-likeness (QED) is 0.788. The minimum absolute atomic E-state index is 0.157. The summed E-state index contributed by atoms with van der Waals surface area (Å²) in [6, 6.07) is 6.02. The van der Waals surface area contributed by atoms with Crippen LogP contribution in [0.4, 0.5) is 5.69 Å². The first-order valence-corrected chi connectivity index (χ1v) is 6.21. The van der Waals surface area contributed by atoms with Gasteiger partial charge in [0.2, 0.25) is 5.91 Å². The molecule has 1 aromatic rings. The second-order valence-electron chi connectivity index (χ2n) is 4.71. The van der Waals surface area contributed by atoms with E-state index in [0.29, 0.717) is 0 Å². The molecule has 0 saturated carbocycles. The molecule has 3 nitrogen and oxygen atoms in total. The molecule has 1 aromatic carbocycles. The molecule has 0 aliphatic carbocycles. The van der Waals surface area contributed by atoms with E-state index >= 15 is 0 Å². The molecule has 0 unspecified atom stereocenters. The number of carbonyl (C=O) groups is 1. The zero-order valence-electron chi connectivity index (χ0n) is 9.09. The highest BCUT2D eigenvalue weighted by atomic mass is 79.9. The summed E-state index contributed by atoms with van der Waals surface area (Å²) in [5, 5.41) is 2.99. The normalized spacial score (nSPS) is 28.5. The molecule has 0 radical (unpaired) electrons. The van der Waals surface area contributed by atoms with E-state index in [1.165, 1.54) is 0 Å². The number of hydrogen-bond acceptors (Lipinski definition) is 2. The fraction of sp³-hybridized carbons (Fsp3) is 0.417. The Hall–Kier alpha value is -0.870. The van der Waals surface area contributed by atoms with E-state index in [2.05, 4.69) is 39.3 Å². The molecular formula is C12H13BrN2O. The van der Waals surface area contributed by atoms with Crippen LogP contribution >= 0.6 is 15.9 Å². The van der Waals surface area contributed by atoms with Crippen molar-refractivity contribution < 1.29 is 4.79 Å². The smallest absolute Gasteiger partial charge is 0.236 e. The highest BCUT2D eigenvalue weighted by Gasteiger charge is 2.50. The van der Waals surface area contributed by atoms with Gasteiger partial charge >= 0.3 is 0 Å². The van der Waals surface area contributed by atoms with Crippen molar-refractivity contribution in [3.05, 3.63) is 28.2 Å². The van der Waals surface area contributed by atoms with Crippen LogP contribution in [0.5, 0.6) is 0 Å². The standard InChI is InChI=1S/C12H13BrN2O/c1-15-5-4-12(7-15)9-6-8(13)2-3-10(9)14-11(12)16/h2-3,6H,4-5,7H2,1H3,(H,14,16)/t12-/m0/s1. The number of fused-ring (bicyclic) bond motifs is 2. The second kappa shape index (κ2) is 3.31. The maximum Gasteiger partial charge on any atom is 0.236 e. The fourth-order valence-electron chi connectivity index (χ4n) is 2.79. The van der Waals surface area contributed by atoms with Crippen molar-refractivity contribution in [1.82, 2.24) is 4.90 Å². The number of nitrogens with zero attached hydrogens (tertiary/aromatic N) is 1.